The van der Waals surface area contributed by atoms with Gasteiger partial charge in [0.15, 0.2) is 5.69 Å². The number of amidine groups is 1. The molecule has 3 aromatic rings. The number of hydrogen-bond acceptors (Lipinski definition) is 4. The zero-order chi connectivity index (χ0) is 24.0. The van der Waals surface area contributed by atoms with Gasteiger partial charge in [-0.05, 0) is 41.1 Å². The Balaban J connectivity index is 1.19. The van der Waals surface area contributed by atoms with Gasteiger partial charge in [0.05, 0.1) is 6.42 Å². The Labute approximate surface area is 206 Å². The molecular weight excluding hydrogens is 436 g/mol. The SMILES string of the molecule is O=C(NCC(c1ccccc1)c1ccccc1)[C@@H]1CCCN1C(=O)CCC1=[N+]c2ccccc2N1. The molecule has 2 N–H and O–H groups in total. The summed E-state index contributed by atoms with van der Waals surface area (Å²) >= 11 is 0. The molecule has 2 heterocycles. The van der Waals surface area contributed by atoms with Crippen molar-refractivity contribution < 1.29 is 9.59 Å². The smallest absolute Gasteiger partial charge is 0.298 e. The van der Waals surface area contributed by atoms with Crippen LogP contribution in [0.25, 0.3) is 0 Å². The summed E-state index contributed by atoms with van der Waals surface area (Å²) in [6.45, 7) is 1.11. The van der Waals surface area contributed by atoms with Crippen LogP contribution >= 0.6 is 0 Å². The van der Waals surface area contributed by atoms with Crippen LogP contribution in [0.1, 0.15) is 42.7 Å². The predicted molar refractivity (Wildman–Crippen MR) is 139 cm³/mol. The van der Waals surface area contributed by atoms with Gasteiger partial charge in [-0.1, -0.05) is 72.8 Å². The van der Waals surface area contributed by atoms with Crippen LogP contribution in [0.5, 0.6) is 0 Å². The molecule has 2 aliphatic rings. The standard InChI is InChI=1S/C29H30N4O2/c34-28(18-17-27-31-24-14-7-8-15-25(24)32-27)33-19-9-16-26(33)29(35)30-20-23(21-10-3-1-4-11-21)22-12-5-2-6-13-22/h1-8,10-15,23,26,31H,9,16-20H2,(H,30,35)/q+1/t26-/m0/s1. The van der Waals surface area contributed by atoms with Crippen LogP contribution in [-0.2, 0) is 9.59 Å². The molecule has 1 saturated heterocycles. The van der Waals surface area contributed by atoms with Crippen molar-refractivity contribution in [3.8, 4) is 0 Å². The van der Waals surface area contributed by atoms with E-state index in [2.05, 4.69) is 39.9 Å². The Morgan fingerprint density at radius 1 is 0.943 bits per heavy atom. The summed E-state index contributed by atoms with van der Waals surface area (Å²) in [7, 11) is 0. The molecule has 5 rings (SSSR count). The van der Waals surface area contributed by atoms with Gasteiger partial charge in [0, 0.05) is 25.4 Å². The number of benzene rings is 3. The van der Waals surface area contributed by atoms with Crippen LogP contribution in [0.4, 0.5) is 11.4 Å². The quantitative estimate of drug-likeness (QED) is 0.523. The molecule has 0 saturated carbocycles. The highest BCUT2D eigenvalue weighted by molar-refractivity contribution is 6.04. The van der Waals surface area contributed by atoms with Crippen molar-refractivity contribution in [1.29, 1.82) is 0 Å². The Bertz CT molecular complexity index is 1170. The first kappa shape index (κ1) is 22.8. The summed E-state index contributed by atoms with van der Waals surface area (Å²) in [5.41, 5.74) is 4.19. The number of fused-ring (bicyclic) bond motifs is 1. The van der Waals surface area contributed by atoms with Gasteiger partial charge < -0.3 is 10.2 Å². The molecule has 177 valence electrons. The third kappa shape index (κ3) is 5.27. The minimum Gasteiger partial charge on any atom is -0.353 e. The predicted octanol–water partition coefficient (Wildman–Crippen LogP) is 4.20. The number of carbonyl (C=O) groups is 2. The first-order valence-corrected chi connectivity index (χ1v) is 12.3. The molecule has 0 spiro atoms. The van der Waals surface area contributed by atoms with Crippen molar-refractivity contribution in [1.82, 2.24) is 15.2 Å². The first-order chi connectivity index (χ1) is 17.2. The average Bonchev–Trinajstić information content (AvgIpc) is 3.56. The third-order valence-corrected chi connectivity index (χ3v) is 6.77. The maximum absolute atomic E-state index is 13.2. The van der Waals surface area contributed by atoms with Crippen LogP contribution in [0.15, 0.2) is 84.9 Å². The lowest BCUT2D eigenvalue weighted by molar-refractivity contribution is -0.138. The van der Waals surface area contributed by atoms with Crippen molar-refractivity contribution in [3.63, 3.8) is 0 Å². The zero-order valence-corrected chi connectivity index (χ0v) is 19.7. The molecule has 2 amide bonds. The van der Waals surface area contributed by atoms with E-state index in [0.717, 1.165) is 34.8 Å². The number of likely N-dealkylation sites (tertiary alicyclic amines) is 1. The molecule has 1 radical (unpaired) electrons. The van der Waals surface area contributed by atoms with Gasteiger partial charge >= 0.3 is 0 Å². The fourth-order valence-corrected chi connectivity index (χ4v) is 4.95. The molecule has 35 heavy (non-hydrogen) atoms. The Morgan fingerprint density at radius 3 is 2.29 bits per heavy atom. The van der Waals surface area contributed by atoms with Gasteiger partial charge in [-0.15, -0.1) is 0 Å². The molecule has 6 heteroatoms. The number of hydrogen-bond donors (Lipinski definition) is 2. The number of nitrogens with zero attached hydrogens (tertiary/aromatic N) is 2. The van der Waals surface area contributed by atoms with E-state index in [1.54, 1.807) is 4.90 Å². The number of aliphatic imine (C=N–C) groups is 1. The lowest BCUT2D eigenvalue weighted by Gasteiger charge is -2.25. The second-order valence-electron chi connectivity index (χ2n) is 9.06. The van der Waals surface area contributed by atoms with E-state index in [0.29, 0.717) is 32.4 Å². The summed E-state index contributed by atoms with van der Waals surface area (Å²) in [6, 6.07) is 27.9. The third-order valence-electron chi connectivity index (χ3n) is 6.77. The minimum atomic E-state index is -0.412. The largest absolute Gasteiger partial charge is 0.353 e. The Morgan fingerprint density at radius 2 is 1.60 bits per heavy atom. The van der Waals surface area contributed by atoms with Crippen molar-refractivity contribution in [2.24, 2.45) is 0 Å². The van der Waals surface area contributed by atoms with Gasteiger partial charge in [0.1, 0.15) is 6.04 Å². The summed E-state index contributed by atoms with van der Waals surface area (Å²) in [5.74, 6) is 0.788. The number of anilines is 1. The van der Waals surface area contributed by atoms with E-state index < -0.39 is 6.04 Å². The molecule has 0 bridgehead atoms. The fraction of sp³-hybridized carbons (Fsp3) is 0.276. The topological polar surface area (TPSA) is 75.5 Å². The van der Waals surface area contributed by atoms with E-state index in [9.17, 15) is 9.59 Å². The van der Waals surface area contributed by atoms with Crippen molar-refractivity contribution in [2.75, 3.05) is 18.4 Å². The molecule has 1 fully saturated rings. The van der Waals surface area contributed by atoms with E-state index in [-0.39, 0.29) is 17.7 Å². The minimum absolute atomic E-state index is 0.00535. The zero-order valence-electron chi connectivity index (χ0n) is 19.7. The molecule has 2 aliphatic heterocycles. The van der Waals surface area contributed by atoms with Gasteiger partial charge in [0.2, 0.25) is 17.5 Å². The van der Waals surface area contributed by atoms with Crippen molar-refractivity contribution in [3.05, 3.63) is 96.1 Å². The van der Waals surface area contributed by atoms with E-state index in [1.807, 2.05) is 60.7 Å². The van der Waals surface area contributed by atoms with E-state index in [4.69, 9.17) is 0 Å². The molecule has 6 nitrogen and oxygen atoms in total. The molecule has 0 aromatic heterocycles. The monoisotopic (exact) mass is 466 g/mol. The highest BCUT2D eigenvalue weighted by atomic mass is 16.2. The van der Waals surface area contributed by atoms with Gasteiger partial charge in [0.25, 0.3) is 5.84 Å². The van der Waals surface area contributed by atoms with Crippen LogP contribution in [0.2, 0.25) is 0 Å². The molecule has 3 aromatic carbocycles. The summed E-state index contributed by atoms with van der Waals surface area (Å²) in [6.07, 6.45) is 2.40. The number of rotatable bonds is 8. The van der Waals surface area contributed by atoms with Crippen LogP contribution in [0.3, 0.4) is 0 Å². The number of para-hydroxylation sites is 2. The lowest BCUT2D eigenvalue weighted by atomic mass is 9.91. The molecule has 0 unspecified atom stereocenters. The highest BCUT2D eigenvalue weighted by Crippen LogP contribution is 2.26. The van der Waals surface area contributed by atoms with Gasteiger partial charge in [-0.2, -0.15) is 0 Å². The lowest BCUT2D eigenvalue weighted by Crippen LogP contribution is -2.47. The Hall–Kier alpha value is -3.93. The number of amides is 2. The maximum atomic E-state index is 13.2. The maximum Gasteiger partial charge on any atom is 0.298 e. The summed E-state index contributed by atoms with van der Waals surface area (Å²) in [4.78, 5) is 32.5. The summed E-state index contributed by atoms with van der Waals surface area (Å²) < 4.78 is 0. The average molecular weight is 467 g/mol. The second kappa shape index (κ2) is 10.6. The van der Waals surface area contributed by atoms with Gasteiger partial charge in [-0.3, -0.25) is 9.59 Å². The fourth-order valence-electron chi connectivity index (χ4n) is 4.95. The van der Waals surface area contributed by atoms with E-state index in [1.165, 1.54) is 0 Å². The first-order valence-electron chi connectivity index (χ1n) is 12.3. The van der Waals surface area contributed by atoms with Crippen molar-refractivity contribution in [2.45, 2.75) is 37.6 Å². The van der Waals surface area contributed by atoms with Gasteiger partial charge in [-0.25, -0.2) is 5.32 Å². The number of nitrogens with one attached hydrogen (secondary N) is 2. The van der Waals surface area contributed by atoms with Crippen LogP contribution < -0.4 is 15.6 Å². The van der Waals surface area contributed by atoms with E-state index >= 15 is 0 Å². The van der Waals surface area contributed by atoms with Crippen LogP contribution in [0, 0.1) is 0 Å². The summed E-state index contributed by atoms with van der Waals surface area (Å²) in [5, 5.41) is 6.42. The molecule has 0 aliphatic carbocycles. The van der Waals surface area contributed by atoms with Crippen molar-refractivity contribution >= 4 is 29.0 Å². The normalized spacial score (nSPS) is 16.5. The Kier molecular flexibility index (Phi) is 6.89. The van der Waals surface area contributed by atoms with Crippen LogP contribution in [-0.4, -0.2) is 41.7 Å². The highest BCUT2D eigenvalue weighted by Gasteiger charge is 2.35. The molecular formula is C29H30N4O2+. The number of carbonyl (C=O) groups excluding carboxylic acids is 2. The molecule has 1 atom stereocenters. The second-order valence-corrected chi connectivity index (χ2v) is 9.06.